The Bertz CT molecular complexity index is 1290. The van der Waals surface area contributed by atoms with Crippen LogP contribution in [0.25, 0.3) is 22.8 Å². The SMILES string of the molecule is COc1ccccc1NC(=O)c1ccc2nn(/C(C#N)=C/c3ccccn3)nc2c1. The van der Waals surface area contributed by atoms with Crippen molar-refractivity contribution in [3.05, 3.63) is 78.1 Å². The number of pyridine rings is 1. The molecule has 0 saturated heterocycles. The second kappa shape index (κ2) is 8.24. The van der Waals surface area contributed by atoms with Crippen molar-refractivity contribution in [2.45, 2.75) is 0 Å². The summed E-state index contributed by atoms with van der Waals surface area (Å²) in [5.41, 5.74) is 2.86. The molecule has 0 aliphatic heterocycles. The molecule has 4 rings (SSSR count). The highest BCUT2D eigenvalue weighted by Crippen LogP contribution is 2.24. The average Bonchev–Trinajstić information content (AvgIpc) is 3.21. The number of ether oxygens (including phenoxy) is 1. The number of nitrogens with zero attached hydrogens (tertiary/aromatic N) is 5. The van der Waals surface area contributed by atoms with Crippen LogP contribution in [0.5, 0.6) is 5.75 Å². The fourth-order valence-electron chi connectivity index (χ4n) is 2.84. The molecule has 2 aromatic carbocycles. The van der Waals surface area contributed by atoms with E-state index in [9.17, 15) is 10.1 Å². The van der Waals surface area contributed by atoms with Crippen molar-refractivity contribution >= 4 is 34.4 Å². The third-order valence-electron chi connectivity index (χ3n) is 4.30. The Morgan fingerprint density at radius 3 is 2.67 bits per heavy atom. The average molecular weight is 396 g/mol. The minimum Gasteiger partial charge on any atom is -0.495 e. The molecule has 0 fully saturated rings. The summed E-state index contributed by atoms with van der Waals surface area (Å²) >= 11 is 0. The summed E-state index contributed by atoms with van der Waals surface area (Å²) in [4.78, 5) is 18.1. The van der Waals surface area contributed by atoms with E-state index in [-0.39, 0.29) is 11.6 Å². The van der Waals surface area contributed by atoms with Gasteiger partial charge in [-0.3, -0.25) is 9.78 Å². The van der Waals surface area contributed by atoms with Gasteiger partial charge in [-0.2, -0.15) is 5.26 Å². The zero-order valence-electron chi connectivity index (χ0n) is 16.0. The second-order valence-electron chi connectivity index (χ2n) is 6.24. The number of hydrogen-bond acceptors (Lipinski definition) is 6. The summed E-state index contributed by atoms with van der Waals surface area (Å²) < 4.78 is 5.26. The lowest BCUT2D eigenvalue weighted by atomic mass is 10.2. The van der Waals surface area contributed by atoms with Crippen molar-refractivity contribution in [2.24, 2.45) is 0 Å². The summed E-state index contributed by atoms with van der Waals surface area (Å²) in [7, 11) is 1.54. The maximum Gasteiger partial charge on any atom is 0.255 e. The van der Waals surface area contributed by atoms with Gasteiger partial charge in [0, 0.05) is 17.8 Å². The van der Waals surface area contributed by atoms with Gasteiger partial charge in [-0.15, -0.1) is 15.0 Å². The van der Waals surface area contributed by atoms with E-state index in [1.165, 1.54) is 4.80 Å². The Morgan fingerprint density at radius 1 is 1.10 bits per heavy atom. The third kappa shape index (κ3) is 3.86. The van der Waals surface area contributed by atoms with E-state index in [1.807, 2.05) is 18.2 Å². The molecule has 1 N–H and O–H groups in total. The third-order valence-corrected chi connectivity index (χ3v) is 4.30. The molecule has 146 valence electrons. The highest BCUT2D eigenvalue weighted by atomic mass is 16.5. The number of allylic oxidation sites excluding steroid dienone is 1. The van der Waals surface area contributed by atoms with E-state index >= 15 is 0 Å². The standard InChI is InChI=1S/C22H16N6O2/c1-30-21-8-3-2-7-19(21)25-22(29)15-9-10-18-20(12-15)27-28(26-18)17(14-23)13-16-6-4-5-11-24-16/h2-13H,1H3,(H,25,29)/b17-13+. The lowest BCUT2D eigenvalue weighted by Gasteiger charge is -2.09. The van der Waals surface area contributed by atoms with Gasteiger partial charge in [-0.1, -0.05) is 18.2 Å². The van der Waals surface area contributed by atoms with Crippen LogP contribution in [0.15, 0.2) is 66.9 Å². The van der Waals surface area contributed by atoms with Gasteiger partial charge in [0.05, 0.1) is 18.5 Å². The van der Waals surface area contributed by atoms with Gasteiger partial charge >= 0.3 is 0 Å². The van der Waals surface area contributed by atoms with E-state index in [0.29, 0.717) is 33.7 Å². The Morgan fingerprint density at radius 2 is 1.90 bits per heavy atom. The molecular formula is C22H16N6O2. The highest BCUT2D eigenvalue weighted by Gasteiger charge is 2.13. The molecule has 30 heavy (non-hydrogen) atoms. The molecule has 0 aliphatic carbocycles. The van der Waals surface area contributed by atoms with Gasteiger partial charge in [0.15, 0.2) is 5.70 Å². The number of anilines is 1. The van der Waals surface area contributed by atoms with Crippen molar-refractivity contribution in [2.75, 3.05) is 12.4 Å². The normalized spacial score (nSPS) is 11.1. The quantitative estimate of drug-likeness (QED) is 0.517. The number of para-hydroxylation sites is 2. The van der Waals surface area contributed by atoms with Gasteiger partial charge in [0.25, 0.3) is 5.91 Å². The Kier molecular flexibility index (Phi) is 5.17. The monoisotopic (exact) mass is 396 g/mol. The molecule has 8 nitrogen and oxygen atoms in total. The Hall–Kier alpha value is -4.51. The van der Waals surface area contributed by atoms with Crippen LogP contribution in [-0.2, 0) is 0 Å². The number of fused-ring (bicyclic) bond motifs is 1. The maximum absolute atomic E-state index is 12.7. The van der Waals surface area contributed by atoms with Crippen LogP contribution in [0.2, 0.25) is 0 Å². The minimum atomic E-state index is -0.305. The Labute approximate surface area is 172 Å². The first-order valence-electron chi connectivity index (χ1n) is 9.02. The maximum atomic E-state index is 12.7. The predicted molar refractivity (Wildman–Crippen MR) is 112 cm³/mol. The van der Waals surface area contributed by atoms with E-state index in [2.05, 4.69) is 26.6 Å². The van der Waals surface area contributed by atoms with E-state index < -0.39 is 0 Å². The molecule has 0 spiro atoms. The zero-order valence-corrected chi connectivity index (χ0v) is 16.0. The van der Waals surface area contributed by atoms with Gasteiger partial charge in [0.1, 0.15) is 22.9 Å². The lowest BCUT2D eigenvalue weighted by Crippen LogP contribution is -2.12. The first kappa shape index (κ1) is 18.8. The fourth-order valence-corrected chi connectivity index (χ4v) is 2.84. The van der Waals surface area contributed by atoms with Crippen molar-refractivity contribution < 1.29 is 9.53 Å². The molecule has 0 aliphatic rings. The molecule has 0 bridgehead atoms. The first-order chi connectivity index (χ1) is 14.7. The number of carbonyl (C=O) groups excluding carboxylic acids is 1. The summed E-state index contributed by atoms with van der Waals surface area (Å²) in [6.07, 6.45) is 3.23. The van der Waals surface area contributed by atoms with Crippen LogP contribution in [0.3, 0.4) is 0 Å². The van der Waals surface area contributed by atoms with Gasteiger partial charge in [-0.05, 0) is 42.5 Å². The highest BCUT2D eigenvalue weighted by molar-refractivity contribution is 6.06. The smallest absolute Gasteiger partial charge is 0.255 e. The first-order valence-corrected chi connectivity index (χ1v) is 9.02. The van der Waals surface area contributed by atoms with Crippen LogP contribution in [0.4, 0.5) is 5.69 Å². The van der Waals surface area contributed by atoms with Crippen molar-refractivity contribution in [1.29, 1.82) is 5.26 Å². The lowest BCUT2D eigenvalue weighted by molar-refractivity contribution is 0.102. The van der Waals surface area contributed by atoms with Gasteiger partial charge in [0.2, 0.25) is 0 Å². The molecule has 0 atom stereocenters. The Balaban J connectivity index is 1.63. The van der Waals surface area contributed by atoms with Crippen LogP contribution in [-0.4, -0.2) is 33.0 Å². The van der Waals surface area contributed by atoms with Crippen molar-refractivity contribution in [1.82, 2.24) is 20.0 Å². The van der Waals surface area contributed by atoms with Crippen LogP contribution >= 0.6 is 0 Å². The summed E-state index contributed by atoms with van der Waals surface area (Å²) in [6, 6.07) is 19.6. The van der Waals surface area contributed by atoms with Gasteiger partial charge in [-0.25, -0.2) is 0 Å². The predicted octanol–water partition coefficient (Wildman–Crippen LogP) is 3.61. The van der Waals surface area contributed by atoms with Gasteiger partial charge < -0.3 is 10.1 Å². The number of carbonyl (C=O) groups is 1. The van der Waals surface area contributed by atoms with Crippen LogP contribution < -0.4 is 10.1 Å². The number of hydrogen-bond donors (Lipinski definition) is 1. The fraction of sp³-hybridized carbons (Fsp3) is 0.0455. The molecule has 8 heteroatoms. The number of aromatic nitrogens is 4. The van der Waals surface area contributed by atoms with Crippen molar-refractivity contribution in [3.63, 3.8) is 0 Å². The van der Waals surface area contributed by atoms with Crippen molar-refractivity contribution in [3.8, 4) is 11.8 Å². The molecule has 4 aromatic rings. The topological polar surface area (TPSA) is 106 Å². The molecule has 1 amide bonds. The van der Waals surface area contributed by atoms with Crippen LogP contribution in [0, 0.1) is 11.3 Å². The minimum absolute atomic E-state index is 0.213. The summed E-state index contributed by atoms with van der Waals surface area (Å²) in [6.45, 7) is 0. The molecule has 2 heterocycles. The summed E-state index contributed by atoms with van der Waals surface area (Å²) in [5, 5.41) is 21.0. The van der Waals surface area contributed by atoms with E-state index in [4.69, 9.17) is 4.74 Å². The largest absolute Gasteiger partial charge is 0.495 e. The molecule has 0 radical (unpaired) electrons. The van der Waals surface area contributed by atoms with E-state index in [0.717, 1.165) is 0 Å². The molecule has 0 saturated carbocycles. The second-order valence-corrected chi connectivity index (χ2v) is 6.24. The van der Waals surface area contributed by atoms with E-state index in [1.54, 1.807) is 61.8 Å². The molecule has 0 unspecified atom stereocenters. The van der Waals surface area contributed by atoms with Crippen LogP contribution in [0.1, 0.15) is 16.1 Å². The zero-order chi connectivity index (χ0) is 20.9. The number of nitriles is 1. The number of rotatable bonds is 5. The molecule has 2 aromatic heterocycles. The number of benzene rings is 2. The number of methoxy groups -OCH3 is 1. The molecular weight excluding hydrogens is 380 g/mol. The number of amides is 1. The summed E-state index contributed by atoms with van der Waals surface area (Å²) in [5.74, 6) is 0.261. The number of nitrogens with one attached hydrogen (secondary N) is 1.